The fourth-order valence-corrected chi connectivity index (χ4v) is 4.51. The smallest absolute Gasteiger partial charge is 0.185 e. The molecule has 0 aromatic heterocycles. The molecule has 0 radical (unpaired) electrons. The van der Waals surface area contributed by atoms with Crippen LogP contribution in [0.4, 0.5) is 0 Å². The average Bonchev–Trinajstić information content (AvgIpc) is 2.68. The van der Waals surface area contributed by atoms with Crippen molar-refractivity contribution in [2.45, 2.75) is 16.6 Å². The van der Waals surface area contributed by atoms with E-state index in [1.807, 2.05) is 12.1 Å². The number of Topliss-reactive ketones (excluding diaryl/α,β-unsaturated/α-hetero) is 1. The van der Waals surface area contributed by atoms with Crippen LogP contribution < -0.4 is 0 Å². The lowest BCUT2D eigenvalue weighted by molar-refractivity contribution is 0.0980. The van der Waals surface area contributed by atoms with Gasteiger partial charge in [-0.2, -0.15) is 0 Å². The van der Waals surface area contributed by atoms with Gasteiger partial charge in [0.05, 0.1) is 10.1 Å². The minimum absolute atomic E-state index is 0.0920. The zero-order valence-corrected chi connectivity index (χ0v) is 14.4. The Hall–Kier alpha value is -2.72. The predicted molar refractivity (Wildman–Crippen MR) is 98.2 cm³/mol. The summed E-state index contributed by atoms with van der Waals surface area (Å²) >= 11 is 0. The second-order valence-electron chi connectivity index (χ2n) is 5.75. The predicted octanol–water partition coefficient (Wildman–Crippen LogP) is 4.47. The molecule has 0 amide bonds. The Labute approximate surface area is 147 Å². The van der Waals surface area contributed by atoms with Crippen LogP contribution in [-0.2, 0) is 9.84 Å². The van der Waals surface area contributed by atoms with Gasteiger partial charge in [-0.15, -0.1) is 0 Å². The van der Waals surface area contributed by atoms with E-state index in [9.17, 15) is 13.2 Å². The van der Waals surface area contributed by atoms with Crippen molar-refractivity contribution in [2.24, 2.45) is 0 Å². The van der Waals surface area contributed by atoms with Gasteiger partial charge in [0.15, 0.2) is 15.6 Å². The minimum Gasteiger partial charge on any atom is -0.294 e. The van der Waals surface area contributed by atoms with Crippen molar-refractivity contribution in [3.05, 3.63) is 102 Å². The van der Waals surface area contributed by atoms with E-state index in [2.05, 4.69) is 0 Å². The van der Waals surface area contributed by atoms with Gasteiger partial charge < -0.3 is 0 Å². The fraction of sp³-hybridized carbons (Fsp3) is 0.0952. The first kappa shape index (κ1) is 17.1. The molecule has 0 bridgehead atoms. The fourth-order valence-electron chi connectivity index (χ4n) is 2.76. The SMILES string of the molecule is O=C(C[C@@H](c1ccccc1)S(=O)(=O)c1ccccc1)c1ccccc1. The molecule has 25 heavy (non-hydrogen) atoms. The lowest BCUT2D eigenvalue weighted by Crippen LogP contribution is -2.18. The number of carbonyl (C=O) groups is 1. The van der Waals surface area contributed by atoms with E-state index >= 15 is 0 Å². The normalized spacial score (nSPS) is 12.5. The second-order valence-corrected chi connectivity index (χ2v) is 7.88. The van der Waals surface area contributed by atoms with E-state index < -0.39 is 15.1 Å². The summed E-state index contributed by atoms with van der Waals surface area (Å²) < 4.78 is 26.3. The number of carbonyl (C=O) groups excluding carboxylic acids is 1. The van der Waals surface area contributed by atoms with E-state index in [4.69, 9.17) is 0 Å². The molecule has 4 heteroatoms. The first-order chi connectivity index (χ1) is 12.1. The van der Waals surface area contributed by atoms with Gasteiger partial charge in [-0.3, -0.25) is 4.79 Å². The second kappa shape index (κ2) is 7.45. The zero-order chi connectivity index (χ0) is 17.7. The third kappa shape index (κ3) is 3.86. The summed E-state index contributed by atoms with van der Waals surface area (Å²) in [4.78, 5) is 12.9. The van der Waals surface area contributed by atoms with E-state index in [0.29, 0.717) is 11.1 Å². The summed E-state index contributed by atoms with van der Waals surface area (Å²) in [5.74, 6) is -0.186. The third-order valence-corrected chi connectivity index (χ3v) is 6.20. The van der Waals surface area contributed by atoms with Crippen LogP contribution in [0.3, 0.4) is 0 Å². The van der Waals surface area contributed by atoms with Crippen molar-refractivity contribution >= 4 is 15.6 Å². The standard InChI is InChI=1S/C21H18O3S/c22-20(17-10-4-1-5-11-17)16-21(18-12-6-2-7-13-18)25(23,24)19-14-8-3-9-15-19/h1-15,21H,16H2/t21-/m0/s1. The maximum Gasteiger partial charge on any atom is 0.185 e. The lowest BCUT2D eigenvalue weighted by Gasteiger charge is -2.18. The number of benzene rings is 3. The highest BCUT2D eigenvalue weighted by Gasteiger charge is 2.31. The highest BCUT2D eigenvalue weighted by atomic mass is 32.2. The Balaban J connectivity index is 2.01. The maximum atomic E-state index is 13.1. The first-order valence-corrected chi connectivity index (χ1v) is 9.56. The molecule has 1 atom stereocenters. The van der Waals surface area contributed by atoms with E-state index in [0.717, 1.165) is 0 Å². The van der Waals surface area contributed by atoms with Crippen LogP contribution in [0.5, 0.6) is 0 Å². The van der Waals surface area contributed by atoms with Crippen LogP contribution >= 0.6 is 0 Å². The highest BCUT2D eigenvalue weighted by Crippen LogP contribution is 2.32. The molecule has 0 fully saturated rings. The maximum absolute atomic E-state index is 13.1. The largest absolute Gasteiger partial charge is 0.294 e. The number of sulfone groups is 1. The van der Waals surface area contributed by atoms with Gasteiger partial charge in [0, 0.05) is 12.0 Å². The molecule has 3 nitrogen and oxygen atoms in total. The Morgan fingerprint density at radius 1 is 0.720 bits per heavy atom. The number of rotatable bonds is 6. The van der Waals surface area contributed by atoms with E-state index in [-0.39, 0.29) is 17.1 Å². The third-order valence-electron chi connectivity index (χ3n) is 4.08. The van der Waals surface area contributed by atoms with Crippen molar-refractivity contribution in [2.75, 3.05) is 0 Å². The molecule has 126 valence electrons. The molecule has 0 heterocycles. The van der Waals surface area contributed by atoms with Crippen molar-refractivity contribution in [1.82, 2.24) is 0 Å². The van der Waals surface area contributed by atoms with Gasteiger partial charge in [-0.25, -0.2) is 8.42 Å². The van der Waals surface area contributed by atoms with Gasteiger partial charge in [-0.05, 0) is 17.7 Å². The minimum atomic E-state index is -3.68. The van der Waals surface area contributed by atoms with E-state index in [1.54, 1.807) is 78.9 Å². The highest BCUT2D eigenvalue weighted by molar-refractivity contribution is 7.91. The Kier molecular flexibility index (Phi) is 5.10. The summed E-state index contributed by atoms with van der Waals surface area (Å²) in [7, 11) is -3.68. The molecule has 0 aliphatic carbocycles. The number of hydrogen-bond acceptors (Lipinski definition) is 3. The summed E-state index contributed by atoms with van der Waals surface area (Å²) in [6, 6.07) is 26.0. The molecule has 3 rings (SSSR count). The van der Waals surface area contributed by atoms with Gasteiger partial charge in [0.1, 0.15) is 0 Å². The number of hydrogen-bond donors (Lipinski definition) is 0. The van der Waals surface area contributed by atoms with Crippen LogP contribution in [0.25, 0.3) is 0 Å². The Bertz CT molecular complexity index is 934. The molecular formula is C21H18O3S. The molecular weight excluding hydrogens is 332 g/mol. The van der Waals surface area contributed by atoms with Crippen molar-refractivity contribution < 1.29 is 13.2 Å². The monoisotopic (exact) mass is 350 g/mol. The summed E-state index contributed by atoms with van der Waals surface area (Å²) in [5.41, 5.74) is 1.14. The van der Waals surface area contributed by atoms with Crippen molar-refractivity contribution in [1.29, 1.82) is 0 Å². The van der Waals surface area contributed by atoms with Crippen molar-refractivity contribution in [3.8, 4) is 0 Å². The van der Waals surface area contributed by atoms with Gasteiger partial charge in [-0.1, -0.05) is 78.9 Å². The van der Waals surface area contributed by atoms with Crippen LogP contribution in [0, 0.1) is 0 Å². The molecule has 0 saturated heterocycles. The molecule has 0 spiro atoms. The molecule has 0 unspecified atom stereocenters. The first-order valence-electron chi connectivity index (χ1n) is 8.01. The topological polar surface area (TPSA) is 51.2 Å². The van der Waals surface area contributed by atoms with Gasteiger partial charge in [0.2, 0.25) is 0 Å². The molecule has 3 aromatic carbocycles. The van der Waals surface area contributed by atoms with Crippen LogP contribution in [0.15, 0.2) is 95.9 Å². The zero-order valence-electron chi connectivity index (χ0n) is 13.6. The summed E-state index contributed by atoms with van der Waals surface area (Å²) in [6.45, 7) is 0. The van der Waals surface area contributed by atoms with Gasteiger partial charge in [0.25, 0.3) is 0 Å². The molecule has 0 N–H and O–H groups in total. The quantitative estimate of drug-likeness (QED) is 0.616. The Morgan fingerprint density at radius 3 is 1.76 bits per heavy atom. The van der Waals surface area contributed by atoms with Crippen LogP contribution in [-0.4, -0.2) is 14.2 Å². The summed E-state index contributed by atoms with van der Waals surface area (Å²) in [6.07, 6.45) is -0.0920. The molecule has 0 aliphatic heterocycles. The Morgan fingerprint density at radius 2 is 1.20 bits per heavy atom. The van der Waals surface area contributed by atoms with Crippen LogP contribution in [0.2, 0.25) is 0 Å². The van der Waals surface area contributed by atoms with Crippen LogP contribution in [0.1, 0.15) is 27.6 Å². The molecule has 3 aromatic rings. The van der Waals surface area contributed by atoms with Crippen molar-refractivity contribution in [3.63, 3.8) is 0 Å². The van der Waals surface area contributed by atoms with Gasteiger partial charge >= 0.3 is 0 Å². The molecule has 0 aliphatic rings. The summed E-state index contributed by atoms with van der Waals surface area (Å²) in [5, 5.41) is -0.913. The average molecular weight is 350 g/mol. The number of ketones is 1. The molecule has 0 saturated carbocycles. The lowest BCUT2D eigenvalue weighted by atomic mass is 10.0. The van der Waals surface area contributed by atoms with E-state index in [1.165, 1.54) is 0 Å².